The molecule has 0 saturated carbocycles. The fourth-order valence-electron chi connectivity index (χ4n) is 2.33. The highest BCUT2D eigenvalue weighted by atomic mass is 35.5. The first-order valence-corrected chi connectivity index (χ1v) is 6.86. The van der Waals surface area contributed by atoms with Crippen molar-refractivity contribution in [3.8, 4) is 17.3 Å². The predicted octanol–water partition coefficient (Wildman–Crippen LogP) is 3.40. The lowest BCUT2D eigenvalue weighted by atomic mass is 10.1. The van der Waals surface area contributed by atoms with Crippen molar-refractivity contribution in [2.75, 3.05) is 0 Å². The van der Waals surface area contributed by atoms with Gasteiger partial charge in [-0.2, -0.15) is 5.26 Å². The van der Waals surface area contributed by atoms with Crippen LogP contribution < -0.4 is 4.43 Å². The number of hydrogen-bond acceptors (Lipinski definition) is 3. The number of aryl methyl sites for hydroxylation is 1. The van der Waals surface area contributed by atoms with Crippen molar-refractivity contribution in [2.24, 2.45) is 0 Å². The third-order valence-electron chi connectivity index (χ3n) is 3.44. The van der Waals surface area contributed by atoms with Gasteiger partial charge in [-0.25, -0.2) is 0 Å². The van der Waals surface area contributed by atoms with Gasteiger partial charge in [0.05, 0.1) is 4.43 Å². The lowest BCUT2D eigenvalue weighted by Gasteiger charge is -2.18. The summed E-state index contributed by atoms with van der Waals surface area (Å²) in [7, 11) is 0. The van der Waals surface area contributed by atoms with Crippen LogP contribution in [-0.4, -0.2) is 4.73 Å². The van der Waals surface area contributed by atoms with Crippen LogP contribution in [0.15, 0.2) is 42.5 Å². The summed E-state index contributed by atoms with van der Waals surface area (Å²) in [6, 6.07) is 13.2. The van der Waals surface area contributed by atoms with Crippen LogP contribution in [0.25, 0.3) is 22.3 Å². The first-order valence-electron chi connectivity index (χ1n) is 6.48. The maximum Gasteiger partial charge on any atom is 0.363 e. The zero-order chi connectivity index (χ0) is 15.9. The number of nitrogens with zero attached hydrogens (tertiary/aromatic N) is 3. The third-order valence-corrected chi connectivity index (χ3v) is 3.67. The second-order valence-corrected chi connectivity index (χ2v) is 5.33. The number of fused-ring (bicyclic) bond motifs is 1. The number of aromatic nitrogens is 2. The summed E-state index contributed by atoms with van der Waals surface area (Å²) in [6.45, 7) is 1.91. The fraction of sp³-hybridized carbons (Fsp3) is 0.0625. The zero-order valence-electron chi connectivity index (χ0n) is 11.6. The summed E-state index contributed by atoms with van der Waals surface area (Å²) in [5.41, 5.74) is 1.52. The molecule has 0 fully saturated rings. The van der Waals surface area contributed by atoms with Gasteiger partial charge in [-0.3, -0.25) is 0 Å². The van der Waals surface area contributed by atoms with Gasteiger partial charge in [0, 0.05) is 21.6 Å². The Bertz CT molecular complexity index is 985. The van der Waals surface area contributed by atoms with Crippen LogP contribution in [0.2, 0.25) is 5.02 Å². The van der Waals surface area contributed by atoms with E-state index in [0.717, 1.165) is 5.56 Å². The van der Waals surface area contributed by atoms with Gasteiger partial charge in [-0.15, -0.1) is 0 Å². The Morgan fingerprint density at radius 1 is 1.23 bits per heavy atom. The average Bonchev–Trinajstić information content (AvgIpc) is 2.51. The lowest BCUT2D eigenvalue weighted by molar-refractivity contribution is -0.467. The van der Waals surface area contributed by atoms with Crippen LogP contribution in [0, 0.1) is 28.4 Å². The molecular weight excluding hydrogens is 302 g/mol. The molecular formula is C16H10ClN3O2. The molecule has 3 aromatic rings. The van der Waals surface area contributed by atoms with Crippen molar-refractivity contribution in [1.29, 1.82) is 5.26 Å². The molecule has 0 unspecified atom stereocenters. The average molecular weight is 312 g/mol. The normalized spacial score (nSPS) is 10.6. The molecule has 0 aliphatic carbocycles. The van der Waals surface area contributed by atoms with E-state index in [9.17, 15) is 15.4 Å². The molecule has 0 amide bonds. The molecule has 22 heavy (non-hydrogen) atoms. The van der Waals surface area contributed by atoms with E-state index >= 15 is 0 Å². The van der Waals surface area contributed by atoms with E-state index in [1.54, 1.807) is 12.1 Å². The van der Waals surface area contributed by atoms with E-state index in [-0.39, 0.29) is 22.4 Å². The minimum Gasteiger partial charge on any atom is -0.805 e. The van der Waals surface area contributed by atoms with Gasteiger partial charge in [0.1, 0.15) is 11.2 Å². The summed E-state index contributed by atoms with van der Waals surface area (Å²) in [5.74, 6) is 0. The Labute approximate surface area is 130 Å². The monoisotopic (exact) mass is 311 g/mol. The smallest absolute Gasteiger partial charge is 0.363 e. The third kappa shape index (κ3) is 2.10. The molecule has 0 spiro atoms. The highest BCUT2D eigenvalue weighted by Crippen LogP contribution is 2.26. The van der Waals surface area contributed by atoms with Gasteiger partial charge in [0.2, 0.25) is 0 Å². The van der Waals surface area contributed by atoms with Gasteiger partial charge in [-0.05, 0) is 19.1 Å². The molecule has 0 saturated heterocycles. The van der Waals surface area contributed by atoms with Crippen molar-refractivity contribution in [3.05, 3.63) is 68.9 Å². The van der Waals surface area contributed by atoms with Crippen LogP contribution in [0.5, 0.6) is 0 Å². The first-order chi connectivity index (χ1) is 10.5. The highest BCUT2D eigenvalue weighted by molar-refractivity contribution is 6.31. The second-order valence-electron chi connectivity index (χ2n) is 4.90. The quantitative estimate of drug-likeness (QED) is 0.646. The SMILES string of the molecule is Cc1ccc(-c2c(C#N)[n+](=O)c3ccc(Cl)cc3n2[O-])cc1. The number of nitriles is 1. The summed E-state index contributed by atoms with van der Waals surface area (Å²) in [4.78, 5) is 12.4. The Morgan fingerprint density at radius 2 is 1.91 bits per heavy atom. The molecule has 0 bridgehead atoms. The topological polar surface area (TPSA) is 74.8 Å². The molecule has 1 aromatic heterocycles. The van der Waals surface area contributed by atoms with Gasteiger partial charge < -0.3 is 9.94 Å². The van der Waals surface area contributed by atoms with Gasteiger partial charge in [-0.1, -0.05) is 41.4 Å². The second kappa shape index (κ2) is 5.17. The Balaban J connectivity index is 2.48. The van der Waals surface area contributed by atoms with Gasteiger partial charge in [0.25, 0.3) is 5.52 Å². The maximum absolute atomic E-state index is 12.7. The summed E-state index contributed by atoms with van der Waals surface area (Å²) < 4.78 is 1.05. The van der Waals surface area contributed by atoms with Crippen molar-refractivity contribution < 1.29 is 4.43 Å². The summed E-state index contributed by atoms with van der Waals surface area (Å²) >= 11 is 5.91. The number of halogens is 1. The minimum atomic E-state index is -0.242. The molecule has 2 aromatic carbocycles. The van der Waals surface area contributed by atoms with Crippen LogP contribution in [0.4, 0.5) is 0 Å². The molecule has 0 atom stereocenters. The number of hydrogen-bond donors (Lipinski definition) is 0. The number of benzene rings is 2. The van der Waals surface area contributed by atoms with Crippen LogP contribution in [0.3, 0.4) is 0 Å². The molecule has 108 valence electrons. The van der Waals surface area contributed by atoms with Crippen molar-refractivity contribution >= 4 is 22.6 Å². The molecule has 5 nitrogen and oxygen atoms in total. The fourth-order valence-corrected chi connectivity index (χ4v) is 2.49. The Hall–Kier alpha value is -2.84. The van der Waals surface area contributed by atoms with Crippen LogP contribution >= 0.6 is 11.6 Å². The van der Waals surface area contributed by atoms with E-state index in [1.165, 1.54) is 18.2 Å². The van der Waals surface area contributed by atoms with E-state index in [1.807, 2.05) is 25.1 Å². The minimum absolute atomic E-state index is 0.0206. The molecule has 0 aliphatic rings. The molecule has 3 rings (SSSR count). The zero-order valence-corrected chi connectivity index (χ0v) is 12.3. The van der Waals surface area contributed by atoms with Crippen molar-refractivity contribution in [2.45, 2.75) is 6.92 Å². The van der Waals surface area contributed by atoms with E-state index in [0.29, 0.717) is 19.7 Å². The molecule has 1 heterocycles. The Morgan fingerprint density at radius 3 is 2.55 bits per heavy atom. The maximum atomic E-state index is 12.7. The standard InChI is InChI=1S/C16H10ClN3O2/c1-10-2-4-11(5-3-10)16-15(9-18)19(21)13-7-6-12(17)8-14(13)20(16)22/h2-8H,1H3. The van der Waals surface area contributed by atoms with E-state index in [4.69, 9.17) is 11.6 Å². The van der Waals surface area contributed by atoms with Gasteiger partial charge in [0.15, 0.2) is 6.07 Å². The Kier molecular flexibility index (Phi) is 3.32. The highest BCUT2D eigenvalue weighted by Gasteiger charge is 2.23. The van der Waals surface area contributed by atoms with Gasteiger partial charge >= 0.3 is 5.69 Å². The summed E-state index contributed by atoms with van der Waals surface area (Å²) in [6.07, 6.45) is 0. The molecule has 0 radical (unpaired) electrons. The lowest BCUT2D eigenvalue weighted by Crippen LogP contribution is -2.24. The predicted molar refractivity (Wildman–Crippen MR) is 84.0 cm³/mol. The largest absolute Gasteiger partial charge is 0.805 e. The summed E-state index contributed by atoms with van der Waals surface area (Å²) in [5, 5.41) is 22.3. The van der Waals surface area contributed by atoms with Crippen molar-refractivity contribution in [1.82, 2.24) is 4.73 Å². The van der Waals surface area contributed by atoms with E-state index < -0.39 is 0 Å². The van der Waals surface area contributed by atoms with Crippen LogP contribution in [-0.2, 0) is 0 Å². The molecule has 6 heteroatoms. The molecule has 0 aliphatic heterocycles. The van der Waals surface area contributed by atoms with Crippen molar-refractivity contribution in [3.63, 3.8) is 0 Å². The number of rotatable bonds is 1. The molecule has 0 N–H and O–H groups in total. The first kappa shape index (κ1) is 14.1. The van der Waals surface area contributed by atoms with Crippen LogP contribution in [0.1, 0.15) is 11.3 Å². The van der Waals surface area contributed by atoms with E-state index in [2.05, 4.69) is 0 Å².